The molecule has 2 N–H and O–H groups in total. The molecule has 1 aromatic heterocycles. The van der Waals surface area contributed by atoms with Gasteiger partial charge in [-0.3, -0.25) is 0 Å². The van der Waals surface area contributed by atoms with Gasteiger partial charge in [-0.15, -0.1) is 0 Å². The first-order valence-electron chi connectivity index (χ1n) is 5.74. The lowest BCUT2D eigenvalue weighted by Gasteiger charge is -2.05. The van der Waals surface area contributed by atoms with Gasteiger partial charge in [0.15, 0.2) is 5.82 Å². The van der Waals surface area contributed by atoms with E-state index in [1.807, 2.05) is 6.92 Å². The average Bonchev–Trinajstić information content (AvgIpc) is 2.89. The molecule has 5 nitrogen and oxygen atoms in total. The number of aromatic nitrogens is 2. The summed E-state index contributed by atoms with van der Waals surface area (Å²) in [6.45, 7) is 2.83. The van der Waals surface area contributed by atoms with Crippen LogP contribution < -0.4 is 5.73 Å². The van der Waals surface area contributed by atoms with E-state index < -0.39 is 6.04 Å². The summed E-state index contributed by atoms with van der Waals surface area (Å²) in [5, 5.41) is 4.73. The molecule has 0 aliphatic rings. The quantitative estimate of drug-likeness (QED) is 0.918. The number of rotatable bonds is 5. The Balaban J connectivity index is 2.18. The predicted octanol–water partition coefficient (Wildman–Crippen LogP) is 3.08. The Hall–Kier alpha value is -1.14. The molecule has 0 bridgehead atoms. The second kappa shape index (κ2) is 6.34. The third-order valence-corrected chi connectivity index (χ3v) is 3.18. The second-order valence-electron chi connectivity index (χ2n) is 3.85. The van der Waals surface area contributed by atoms with Crippen molar-refractivity contribution in [3.05, 3.63) is 34.1 Å². The molecule has 0 amide bonds. The van der Waals surface area contributed by atoms with Gasteiger partial charge in [-0.2, -0.15) is 4.98 Å². The molecule has 19 heavy (non-hydrogen) atoms. The van der Waals surface area contributed by atoms with E-state index in [1.165, 1.54) is 0 Å². The topological polar surface area (TPSA) is 74.2 Å². The van der Waals surface area contributed by atoms with Crippen LogP contribution >= 0.6 is 23.2 Å². The summed E-state index contributed by atoms with van der Waals surface area (Å²) in [5.41, 5.74) is 6.56. The number of halogens is 2. The molecular weight excluding hydrogens is 289 g/mol. The fraction of sp³-hybridized carbons (Fsp3) is 0.333. The standard InChI is InChI=1S/C12H13Cl2N3O2/c1-2-18-6-10(15)11-16-12(19-17-11)7-3-4-8(13)9(14)5-7/h3-5,10H,2,6,15H2,1H3. The van der Waals surface area contributed by atoms with Crippen molar-refractivity contribution in [1.29, 1.82) is 0 Å². The molecule has 0 radical (unpaired) electrons. The third kappa shape index (κ3) is 3.45. The smallest absolute Gasteiger partial charge is 0.258 e. The maximum absolute atomic E-state index is 5.94. The Morgan fingerprint density at radius 3 is 2.84 bits per heavy atom. The van der Waals surface area contributed by atoms with E-state index in [2.05, 4.69) is 10.1 Å². The van der Waals surface area contributed by atoms with E-state index in [4.69, 9.17) is 38.2 Å². The zero-order chi connectivity index (χ0) is 13.8. The summed E-state index contributed by atoms with van der Waals surface area (Å²) in [6.07, 6.45) is 0. The van der Waals surface area contributed by atoms with Crippen LogP contribution in [0.25, 0.3) is 11.5 Å². The maximum atomic E-state index is 5.94. The molecule has 1 aromatic carbocycles. The van der Waals surface area contributed by atoms with Gasteiger partial charge in [-0.25, -0.2) is 0 Å². The monoisotopic (exact) mass is 301 g/mol. The van der Waals surface area contributed by atoms with Crippen LogP contribution in [0.1, 0.15) is 18.8 Å². The number of hydrogen-bond acceptors (Lipinski definition) is 5. The van der Waals surface area contributed by atoms with Gasteiger partial charge in [0.05, 0.1) is 22.7 Å². The van der Waals surface area contributed by atoms with E-state index in [9.17, 15) is 0 Å². The molecule has 2 rings (SSSR count). The number of nitrogens with zero attached hydrogens (tertiary/aromatic N) is 2. The van der Waals surface area contributed by atoms with Crippen LogP contribution in [0.15, 0.2) is 22.7 Å². The minimum absolute atomic E-state index is 0.344. The van der Waals surface area contributed by atoms with Gasteiger partial charge in [-0.05, 0) is 25.1 Å². The van der Waals surface area contributed by atoms with Crippen molar-refractivity contribution in [3.63, 3.8) is 0 Å². The number of hydrogen-bond donors (Lipinski definition) is 1. The predicted molar refractivity (Wildman–Crippen MR) is 73.2 cm³/mol. The highest BCUT2D eigenvalue weighted by Gasteiger charge is 2.16. The van der Waals surface area contributed by atoms with Crippen molar-refractivity contribution in [2.75, 3.05) is 13.2 Å². The summed E-state index contributed by atoms with van der Waals surface area (Å²) < 4.78 is 10.4. The first-order chi connectivity index (χ1) is 9.11. The molecule has 1 atom stereocenters. The molecule has 1 unspecified atom stereocenters. The molecule has 0 saturated heterocycles. The molecule has 7 heteroatoms. The molecule has 0 aliphatic heterocycles. The largest absolute Gasteiger partial charge is 0.380 e. The van der Waals surface area contributed by atoms with Gasteiger partial charge in [0.2, 0.25) is 0 Å². The Bertz CT molecular complexity index is 560. The average molecular weight is 302 g/mol. The van der Waals surface area contributed by atoms with Crippen molar-refractivity contribution in [2.45, 2.75) is 13.0 Å². The lowest BCUT2D eigenvalue weighted by molar-refractivity contribution is 0.130. The fourth-order valence-electron chi connectivity index (χ4n) is 1.45. The fourth-order valence-corrected chi connectivity index (χ4v) is 1.75. The number of nitrogens with two attached hydrogens (primary N) is 1. The number of benzene rings is 1. The minimum Gasteiger partial charge on any atom is -0.380 e. The summed E-state index contributed by atoms with van der Waals surface area (Å²) in [5.74, 6) is 0.745. The van der Waals surface area contributed by atoms with E-state index in [1.54, 1.807) is 18.2 Å². The Morgan fingerprint density at radius 1 is 1.37 bits per heavy atom. The van der Waals surface area contributed by atoms with Crippen molar-refractivity contribution in [2.24, 2.45) is 5.73 Å². The van der Waals surface area contributed by atoms with Crippen LogP contribution in [0, 0.1) is 0 Å². The van der Waals surface area contributed by atoms with E-state index >= 15 is 0 Å². The molecule has 2 aromatic rings. The highest BCUT2D eigenvalue weighted by Crippen LogP contribution is 2.27. The maximum Gasteiger partial charge on any atom is 0.258 e. The number of ether oxygens (including phenoxy) is 1. The normalized spacial score (nSPS) is 12.6. The SMILES string of the molecule is CCOCC(N)c1noc(-c2ccc(Cl)c(Cl)c2)n1. The van der Waals surface area contributed by atoms with Crippen LogP contribution in [0.2, 0.25) is 10.0 Å². The zero-order valence-electron chi connectivity index (χ0n) is 10.3. The molecule has 0 fully saturated rings. The summed E-state index contributed by atoms with van der Waals surface area (Å²) in [6, 6.07) is 4.66. The lowest BCUT2D eigenvalue weighted by atomic mass is 10.2. The summed E-state index contributed by atoms with van der Waals surface area (Å²) in [4.78, 5) is 4.22. The van der Waals surface area contributed by atoms with Gasteiger partial charge in [0.1, 0.15) is 0 Å². The van der Waals surface area contributed by atoms with Crippen LogP contribution in [-0.2, 0) is 4.74 Å². The highest BCUT2D eigenvalue weighted by atomic mass is 35.5. The lowest BCUT2D eigenvalue weighted by Crippen LogP contribution is -2.18. The molecule has 0 spiro atoms. The van der Waals surface area contributed by atoms with Crippen LogP contribution in [-0.4, -0.2) is 23.4 Å². The van der Waals surface area contributed by atoms with Crippen molar-refractivity contribution in [3.8, 4) is 11.5 Å². The first kappa shape index (κ1) is 14.3. The molecular formula is C12H13Cl2N3O2. The van der Waals surface area contributed by atoms with Crippen LogP contribution in [0.4, 0.5) is 0 Å². The van der Waals surface area contributed by atoms with E-state index in [-0.39, 0.29) is 0 Å². The first-order valence-corrected chi connectivity index (χ1v) is 6.49. The molecule has 0 aliphatic carbocycles. The van der Waals surface area contributed by atoms with E-state index in [0.29, 0.717) is 40.5 Å². The third-order valence-electron chi connectivity index (χ3n) is 2.44. The van der Waals surface area contributed by atoms with Crippen molar-refractivity contribution in [1.82, 2.24) is 10.1 Å². The van der Waals surface area contributed by atoms with Crippen LogP contribution in [0.3, 0.4) is 0 Å². The summed E-state index contributed by atoms with van der Waals surface area (Å²) >= 11 is 11.8. The minimum atomic E-state index is -0.416. The molecule has 1 heterocycles. The molecule has 102 valence electrons. The van der Waals surface area contributed by atoms with Crippen molar-refractivity contribution < 1.29 is 9.26 Å². The van der Waals surface area contributed by atoms with Crippen LogP contribution in [0.5, 0.6) is 0 Å². The Kier molecular flexibility index (Phi) is 4.76. The van der Waals surface area contributed by atoms with Gasteiger partial charge >= 0.3 is 0 Å². The van der Waals surface area contributed by atoms with Gasteiger partial charge in [0, 0.05) is 12.2 Å². The Labute approximate surface area is 120 Å². The van der Waals surface area contributed by atoms with E-state index in [0.717, 1.165) is 0 Å². The zero-order valence-corrected chi connectivity index (χ0v) is 11.8. The van der Waals surface area contributed by atoms with Gasteiger partial charge < -0.3 is 15.0 Å². The van der Waals surface area contributed by atoms with Crippen molar-refractivity contribution >= 4 is 23.2 Å². The van der Waals surface area contributed by atoms with Gasteiger partial charge in [0.25, 0.3) is 5.89 Å². The Morgan fingerprint density at radius 2 is 2.16 bits per heavy atom. The second-order valence-corrected chi connectivity index (χ2v) is 4.67. The highest BCUT2D eigenvalue weighted by molar-refractivity contribution is 6.42. The molecule has 0 saturated carbocycles. The summed E-state index contributed by atoms with van der Waals surface area (Å²) in [7, 11) is 0. The van der Waals surface area contributed by atoms with Gasteiger partial charge in [-0.1, -0.05) is 28.4 Å².